The summed E-state index contributed by atoms with van der Waals surface area (Å²) in [6.45, 7) is 6.74. The molecule has 1 aliphatic rings. The highest BCUT2D eigenvalue weighted by Gasteiger charge is 2.47. The minimum atomic E-state index is -0.852. The highest BCUT2D eigenvalue weighted by Crippen LogP contribution is 2.44. The zero-order chi connectivity index (χ0) is 27.4. The van der Waals surface area contributed by atoms with Gasteiger partial charge in [0.1, 0.15) is 23.0 Å². The number of nitrogens with zero attached hydrogens (tertiary/aromatic N) is 1. The molecule has 3 aromatic rings. The first-order valence-electron chi connectivity index (χ1n) is 12.6. The van der Waals surface area contributed by atoms with Gasteiger partial charge in [-0.15, -0.1) is 0 Å². The second kappa shape index (κ2) is 11.4. The third kappa shape index (κ3) is 5.37. The lowest BCUT2D eigenvalue weighted by atomic mass is 9.94. The van der Waals surface area contributed by atoms with Crippen molar-refractivity contribution in [2.45, 2.75) is 33.2 Å². The smallest absolute Gasteiger partial charge is 0.300 e. The van der Waals surface area contributed by atoms with Crippen LogP contribution in [0.1, 0.15) is 43.5 Å². The number of aliphatic hydroxyl groups is 1. The fraction of sp³-hybridized carbons (Fsp3) is 0.290. The average Bonchev–Trinajstić information content (AvgIpc) is 3.21. The summed E-state index contributed by atoms with van der Waals surface area (Å²) >= 11 is 0. The largest absolute Gasteiger partial charge is 0.507 e. The van der Waals surface area contributed by atoms with E-state index in [9.17, 15) is 14.7 Å². The Hall–Kier alpha value is -4.26. The predicted molar refractivity (Wildman–Crippen MR) is 147 cm³/mol. The summed E-state index contributed by atoms with van der Waals surface area (Å²) < 4.78 is 16.6. The van der Waals surface area contributed by atoms with E-state index in [2.05, 4.69) is 20.8 Å². The molecule has 38 heavy (non-hydrogen) atoms. The topological polar surface area (TPSA) is 85.3 Å². The first-order valence-corrected chi connectivity index (χ1v) is 12.6. The molecule has 0 radical (unpaired) electrons. The van der Waals surface area contributed by atoms with E-state index < -0.39 is 17.7 Å². The van der Waals surface area contributed by atoms with Gasteiger partial charge < -0.3 is 19.3 Å². The van der Waals surface area contributed by atoms with Crippen molar-refractivity contribution in [3.63, 3.8) is 0 Å². The molecule has 0 aliphatic carbocycles. The molecule has 0 saturated carbocycles. The van der Waals surface area contributed by atoms with Crippen molar-refractivity contribution in [1.82, 2.24) is 0 Å². The molecule has 0 bridgehead atoms. The molecule has 1 fully saturated rings. The number of carbonyl (C=O) groups excluding carboxylic acids is 2. The summed E-state index contributed by atoms with van der Waals surface area (Å²) in [4.78, 5) is 28.3. The van der Waals surface area contributed by atoms with Crippen LogP contribution in [0.5, 0.6) is 17.2 Å². The molecule has 1 saturated heterocycles. The molecule has 7 nitrogen and oxygen atoms in total. The molecule has 0 aromatic heterocycles. The van der Waals surface area contributed by atoms with E-state index in [1.807, 2.05) is 24.3 Å². The lowest BCUT2D eigenvalue weighted by molar-refractivity contribution is -0.132. The second-order valence-corrected chi connectivity index (χ2v) is 9.56. The number of Topliss-reactive ketones (excluding diaryl/α,β-unsaturated/α-hetero) is 1. The van der Waals surface area contributed by atoms with Crippen LogP contribution in [0.2, 0.25) is 0 Å². The van der Waals surface area contributed by atoms with Crippen molar-refractivity contribution in [1.29, 1.82) is 0 Å². The van der Waals surface area contributed by atoms with E-state index in [0.717, 1.165) is 12.0 Å². The van der Waals surface area contributed by atoms with Crippen molar-refractivity contribution in [3.05, 3.63) is 89.0 Å². The third-order valence-electron chi connectivity index (χ3n) is 6.47. The van der Waals surface area contributed by atoms with Gasteiger partial charge in [-0.2, -0.15) is 0 Å². The Labute approximate surface area is 223 Å². The summed E-state index contributed by atoms with van der Waals surface area (Å²) in [7, 11) is 3.03. The molecule has 7 heteroatoms. The quantitative estimate of drug-likeness (QED) is 0.216. The fourth-order valence-corrected chi connectivity index (χ4v) is 4.41. The molecule has 1 atom stereocenters. The van der Waals surface area contributed by atoms with Gasteiger partial charge in [-0.05, 0) is 47.7 Å². The predicted octanol–water partition coefficient (Wildman–Crippen LogP) is 5.93. The molecule has 1 N–H and O–H groups in total. The lowest BCUT2D eigenvalue weighted by Gasteiger charge is -2.26. The molecular weight excluding hydrogens is 482 g/mol. The summed E-state index contributed by atoms with van der Waals surface area (Å²) in [6.07, 6.45) is 0.846. The number of methoxy groups -OCH3 is 2. The first kappa shape index (κ1) is 26.8. The molecule has 0 spiro atoms. The van der Waals surface area contributed by atoms with Crippen molar-refractivity contribution < 1.29 is 28.9 Å². The maximum absolute atomic E-state index is 13.5. The van der Waals surface area contributed by atoms with Gasteiger partial charge in [-0.25, -0.2) is 0 Å². The molecular formula is C31H33NO6. The molecule has 198 valence electrons. The van der Waals surface area contributed by atoms with Crippen LogP contribution in [0.3, 0.4) is 0 Å². The number of aliphatic hydroxyl groups excluding tert-OH is 1. The molecule has 4 rings (SSSR count). The number of anilines is 1. The Kier molecular flexibility index (Phi) is 8.05. The van der Waals surface area contributed by atoms with Crippen LogP contribution in [0.15, 0.2) is 72.3 Å². The summed E-state index contributed by atoms with van der Waals surface area (Å²) in [5, 5.41) is 11.4. The van der Waals surface area contributed by atoms with E-state index in [0.29, 0.717) is 46.6 Å². The van der Waals surface area contributed by atoms with Crippen molar-refractivity contribution >= 4 is 23.1 Å². The molecule has 1 amide bonds. The van der Waals surface area contributed by atoms with Crippen LogP contribution in [-0.4, -0.2) is 37.6 Å². The van der Waals surface area contributed by atoms with E-state index in [1.165, 1.54) is 19.1 Å². The number of carbonyl (C=O) groups is 2. The fourth-order valence-electron chi connectivity index (χ4n) is 4.41. The van der Waals surface area contributed by atoms with Crippen LogP contribution in [-0.2, 0) is 16.0 Å². The van der Waals surface area contributed by atoms with Crippen LogP contribution >= 0.6 is 0 Å². The standard InChI is InChI=1S/C31H33NO6/c1-6-20-7-9-21(10-8-20)28-27(29(33)22-11-13-24(14-12-22)38-18-19(2)3)30(34)31(35)32(28)23-15-25(36-4)17-26(16-23)37-5/h7-17,19,28,33H,6,18H2,1-5H3/b29-27+. The van der Waals surface area contributed by atoms with Crippen LogP contribution < -0.4 is 19.1 Å². The first-order chi connectivity index (χ1) is 18.3. The van der Waals surface area contributed by atoms with E-state index in [1.54, 1.807) is 42.5 Å². The highest BCUT2D eigenvalue weighted by atomic mass is 16.5. The normalized spacial score (nSPS) is 16.7. The van der Waals surface area contributed by atoms with Gasteiger partial charge in [-0.3, -0.25) is 14.5 Å². The van der Waals surface area contributed by atoms with Gasteiger partial charge in [0, 0.05) is 23.8 Å². The Bertz CT molecular complexity index is 1320. The van der Waals surface area contributed by atoms with Crippen molar-refractivity contribution in [3.8, 4) is 17.2 Å². The number of ketones is 1. The Morgan fingerprint density at radius 2 is 1.50 bits per heavy atom. The molecule has 3 aromatic carbocycles. The van der Waals surface area contributed by atoms with Gasteiger partial charge in [0.25, 0.3) is 11.7 Å². The number of ether oxygens (including phenoxy) is 3. The number of hydrogen-bond acceptors (Lipinski definition) is 6. The number of amides is 1. The number of aryl methyl sites for hydroxylation is 1. The SMILES string of the molecule is CCc1ccc(C2/C(=C(\O)c3ccc(OCC(C)C)cc3)C(=O)C(=O)N2c2cc(OC)cc(OC)c2)cc1. The highest BCUT2D eigenvalue weighted by molar-refractivity contribution is 6.51. The summed E-state index contributed by atoms with van der Waals surface area (Å²) in [5.41, 5.74) is 2.66. The summed E-state index contributed by atoms with van der Waals surface area (Å²) in [5.74, 6) is 0.203. The second-order valence-electron chi connectivity index (χ2n) is 9.56. The lowest BCUT2D eigenvalue weighted by Crippen LogP contribution is -2.29. The Balaban J connectivity index is 1.85. The monoisotopic (exact) mass is 515 g/mol. The van der Waals surface area contributed by atoms with Crippen molar-refractivity contribution in [2.24, 2.45) is 5.92 Å². The Morgan fingerprint density at radius 3 is 2.03 bits per heavy atom. The zero-order valence-electron chi connectivity index (χ0n) is 22.4. The Morgan fingerprint density at radius 1 is 0.895 bits per heavy atom. The number of benzene rings is 3. The zero-order valence-corrected chi connectivity index (χ0v) is 22.4. The van der Waals surface area contributed by atoms with Crippen LogP contribution in [0.25, 0.3) is 5.76 Å². The van der Waals surface area contributed by atoms with E-state index in [4.69, 9.17) is 14.2 Å². The van der Waals surface area contributed by atoms with Gasteiger partial charge in [0.2, 0.25) is 0 Å². The molecule has 1 aliphatic heterocycles. The number of rotatable bonds is 9. The van der Waals surface area contributed by atoms with Crippen LogP contribution in [0, 0.1) is 5.92 Å². The van der Waals surface area contributed by atoms with Gasteiger partial charge >= 0.3 is 0 Å². The molecule has 1 unspecified atom stereocenters. The maximum Gasteiger partial charge on any atom is 0.300 e. The van der Waals surface area contributed by atoms with Crippen LogP contribution in [0.4, 0.5) is 5.69 Å². The number of hydrogen-bond donors (Lipinski definition) is 1. The third-order valence-corrected chi connectivity index (χ3v) is 6.47. The maximum atomic E-state index is 13.5. The minimum absolute atomic E-state index is 0.0110. The van der Waals surface area contributed by atoms with E-state index >= 15 is 0 Å². The van der Waals surface area contributed by atoms with Gasteiger partial charge in [0.15, 0.2) is 0 Å². The summed E-state index contributed by atoms with van der Waals surface area (Å²) in [6, 6.07) is 18.7. The van der Waals surface area contributed by atoms with Crippen molar-refractivity contribution in [2.75, 3.05) is 25.7 Å². The van der Waals surface area contributed by atoms with E-state index in [-0.39, 0.29) is 11.3 Å². The van der Waals surface area contributed by atoms with Gasteiger partial charge in [0.05, 0.1) is 38.1 Å². The van der Waals surface area contributed by atoms with Gasteiger partial charge in [-0.1, -0.05) is 45.0 Å². The average molecular weight is 516 g/mol. The minimum Gasteiger partial charge on any atom is -0.507 e. The molecule has 1 heterocycles.